The predicted octanol–water partition coefficient (Wildman–Crippen LogP) is 2.17. The van der Waals surface area contributed by atoms with Crippen LogP contribution in [0.3, 0.4) is 0 Å². The number of hydrogen-bond donors (Lipinski definition) is 0. The summed E-state index contributed by atoms with van der Waals surface area (Å²) in [7, 11) is -4.51. The average Bonchev–Trinajstić information content (AvgIpc) is 2.50. The third-order valence-corrected chi connectivity index (χ3v) is 4.71. The molecule has 3 unspecified atom stereocenters. The molecule has 0 aromatic heterocycles. The van der Waals surface area contributed by atoms with Gasteiger partial charge in [0, 0.05) is 0 Å². The lowest BCUT2D eigenvalue weighted by Gasteiger charge is -2.16. The zero-order valence-electron chi connectivity index (χ0n) is 13.2. The number of esters is 1. The van der Waals surface area contributed by atoms with Crippen LogP contribution in [0, 0.1) is 5.92 Å². The maximum absolute atomic E-state index is 12.1. The van der Waals surface area contributed by atoms with Crippen LogP contribution in [0.5, 0.6) is 0 Å². The Morgan fingerprint density at radius 3 is 2.43 bits per heavy atom. The zero-order valence-corrected chi connectivity index (χ0v) is 15.0. The first-order chi connectivity index (χ1) is 10.9. The molecule has 0 spiro atoms. The van der Waals surface area contributed by atoms with Gasteiger partial charge in [0.1, 0.15) is 12.5 Å². The van der Waals surface area contributed by atoms with Crippen molar-refractivity contribution in [1.29, 1.82) is 0 Å². The summed E-state index contributed by atoms with van der Waals surface area (Å²) >= 11 is 0. The molecule has 0 aliphatic rings. The zero-order chi connectivity index (χ0) is 17.3. The van der Waals surface area contributed by atoms with Crippen molar-refractivity contribution in [3.05, 3.63) is 35.9 Å². The summed E-state index contributed by atoms with van der Waals surface area (Å²) in [4.78, 5) is 12.1. The highest BCUT2D eigenvalue weighted by Crippen LogP contribution is 2.25. The normalized spacial score (nSPS) is 14.3. The standard InChI is InChI=1S/C15H21O6PS/c1-3-20-15(16)13(10-9-12-7-5-4-6-8-12)14(22-17)11-21-23(2,18)19/h4-8,13-14H,3,9-11H2,1-2H3/p+1. The molecule has 128 valence electrons. The van der Waals surface area contributed by atoms with Crippen LogP contribution < -0.4 is 0 Å². The lowest BCUT2D eigenvalue weighted by Crippen LogP contribution is -2.31. The van der Waals surface area contributed by atoms with E-state index in [0.29, 0.717) is 12.8 Å². The van der Waals surface area contributed by atoms with Gasteiger partial charge in [0.05, 0.1) is 12.9 Å². The summed E-state index contributed by atoms with van der Waals surface area (Å²) in [6.07, 6.45) is 1.93. The molecule has 0 heterocycles. The van der Waals surface area contributed by atoms with Gasteiger partial charge in [0.15, 0.2) is 5.66 Å². The monoisotopic (exact) mass is 361 g/mol. The van der Waals surface area contributed by atoms with Crippen molar-refractivity contribution in [3.8, 4) is 0 Å². The molecule has 8 heteroatoms. The molecule has 0 bridgehead atoms. The van der Waals surface area contributed by atoms with Gasteiger partial charge in [-0.1, -0.05) is 34.9 Å². The molecular formula is C15H22O6PS+. The first kappa shape index (κ1) is 19.7. The Kier molecular flexibility index (Phi) is 8.37. The molecule has 1 aromatic rings. The fourth-order valence-corrected chi connectivity index (χ4v) is 3.26. The summed E-state index contributed by atoms with van der Waals surface area (Å²) < 4.78 is 43.4. The molecule has 23 heavy (non-hydrogen) atoms. The van der Waals surface area contributed by atoms with Crippen molar-refractivity contribution >= 4 is 24.5 Å². The summed E-state index contributed by atoms with van der Waals surface area (Å²) in [5, 5.41) is 0. The van der Waals surface area contributed by atoms with Gasteiger partial charge in [-0.25, -0.2) is 0 Å². The molecular weight excluding hydrogens is 339 g/mol. The van der Waals surface area contributed by atoms with Gasteiger partial charge in [0.25, 0.3) is 10.1 Å². The second-order valence-electron chi connectivity index (χ2n) is 5.10. The fourth-order valence-electron chi connectivity index (χ4n) is 2.13. The first-order valence-electron chi connectivity index (χ1n) is 7.30. The van der Waals surface area contributed by atoms with Crippen molar-refractivity contribution in [1.82, 2.24) is 0 Å². The molecule has 1 aromatic carbocycles. The smallest absolute Gasteiger partial charge is 0.331 e. The van der Waals surface area contributed by atoms with Gasteiger partial charge in [-0.2, -0.15) is 8.42 Å². The predicted molar refractivity (Wildman–Crippen MR) is 88.5 cm³/mol. The SMILES string of the molecule is CCOC(=O)C(CCc1ccccc1)C(COS(C)(=O)=O)[PH+]=O. The number of rotatable bonds is 10. The van der Waals surface area contributed by atoms with Gasteiger partial charge in [-0.3, -0.25) is 8.98 Å². The molecule has 1 rings (SSSR count). The van der Waals surface area contributed by atoms with Crippen molar-refractivity contribution in [2.24, 2.45) is 5.92 Å². The first-order valence-corrected chi connectivity index (χ1v) is 10.1. The number of ether oxygens (including phenoxy) is 1. The Labute approximate surface area is 138 Å². The number of aryl methyl sites for hydroxylation is 1. The maximum atomic E-state index is 12.1. The second-order valence-corrected chi connectivity index (χ2v) is 7.72. The van der Waals surface area contributed by atoms with E-state index in [1.54, 1.807) is 6.92 Å². The highest BCUT2D eigenvalue weighted by molar-refractivity contribution is 7.86. The fraction of sp³-hybridized carbons (Fsp3) is 0.533. The Balaban J connectivity index is 2.80. The average molecular weight is 361 g/mol. The lowest BCUT2D eigenvalue weighted by molar-refractivity contribution is -0.148. The van der Waals surface area contributed by atoms with Crippen LogP contribution in [-0.4, -0.2) is 39.5 Å². The van der Waals surface area contributed by atoms with Crippen molar-refractivity contribution in [2.45, 2.75) is 25.4 Å². The molecule has 0 amide bonds. The van der Waals surface area contributed by atoms with Gasteiger partial charge in [-0.05, 0) is 25.3 Å². The van der Waals surface area contributed by atoms with E-state index in [0.717, 1.165) is 11.8 Å². The Bertz CT molecular complexity index is 602. The van der Waals surface area contributed by atoms with Crippen LogP contribution in [0.4, 0.5) is 0 Å². The van der Waals surface area contributed by atoms with E-state index in [2.05, 4.69) is 0 Å². The number of benzene rings is 1. The van der Waals surface area contributed by atoms with Crippen LogP contribution >= 0.6 is 8.46 Å². The summed E-state index contributed by atoms with van der Waals surface area (Å²) in [5.74, 6) is -1.15. The third kappa shape index (κ3) is 7.68. The Hall–Kier alpha value is -1.30. The van der Waals surface area contributed by atoms with E-state index in [9.17, 15) is 17.8 Å². The van der Waals surface area contributed by atoms with Gasteiger partial charge in [0.2, 0.25) is 0 Å². The van der Waals surface area contributed by atoms with E-state index in [4.69, 9.17) is 8.92 Å². The minimum atomic E-state index is -3.65. The van der Waals surface area contributed by atoms with E-state index in [-0.39, 0.29) is 13.2 Å². The second kappa shape index (κ2) is 9.75. The highest BCUT2D eigenvalue weighted by Gasteiger charge is 2.36. The van der Waals surface area contributed by atoms with Crippen LogP contribution in [-0.2, 0) is 34.8 Å². The summed E-state index contributed by atoms with van der Waals surface area (Å²) in [5.41, 5.74) is 0.325. The molecule has 0 N–H and O–H groups in total. The maximum Gasteiger partial charge on any atom is 0.331 e. The summed E-state index contributed by atoms with van der Waals surface area (Å²) in [6, 6.07) is 9.56. The molecule has 0 aliphatic heterocycles. The van der Waals surface area contributed by atoms with Gasteiger partial charge in [-0.15, -0.1) is 0 Å². The van der Waals surface area contributed by atoms with E-state index < -0.39 is 36.1 Å². The minimum Gasteiger partial charge on any atom is -0.466 e. The highest BCUT2D eigenvalue weighted by atomic mass is 32.2. The van der Waals surface area contributed by atoms with E-state index in [1.165, 1.54) is 0 Å². The molecule has 0 aliphatic carbocycles. The largest absolute Gasteiger partial charge is 0.466 e. The van der Waals surface area contributed by atoms with Crippen LogP contribution in [0.25, 0.3) is 0 Å². The Morgan fingerprint density at radius 1 is 1.26 bits per heavy atom. The van der Waals surface area contributed by atoms with Crippen molar-refractivity contribution in [3.63, 3.8) is 0 Å². The lowest BCUT2D eigenvalue weighted by atomic mass is 9.96. The quantitative estimate of drug-likeness (QED) is 0.361. The van der Waals surface area contributed by atoms with Gasteiger partial charge < -0.3 is 4.74 Å². The number of carbonyl (C=O) groups excluding carboxylic acids is 1. The topological polar surface area (TPSA) is 86.7 Å². The molecule has 0 radical (unpaired) electrons. The molecule has 3 atom stereocenters. The summed E-state index contributed by atoms with van der Waals surface area (Å²) in [6.45, 7) is 1.61. The van der Waals surface area contributed by atoms with Gasteiger partial charge >= 0.3 is 14.4 Å². The van der Waals surface area contributed by atoms with E-state index in [1.807, 2.05) is 30.3 Å². The van der Waals surface area contributed by atoms with Crippen molar-refractivity contribution < 1.29 is 26.7 Å². The Morgan fingerprint density at radius 2 is 1.91 bits per heavy atom. The van der Waals surface area contributed by atoms with Crippen molar-refractivity contribution in [2.75, 3.05) is 19.5 Å². The van der Waals surface area contributed by atoms with Crippen LogP contribution in [0.1, 0.15) is 18.9 Å². The number of carbonyl (C=O) groups is 1. The van der Waals surface area contributed by atoms with E-state index >= 15 is 0 Å². The molecule has 6 nitrogen and oxygen atoms in total. The minimum absolute atomic E-state index is 0.211. The van der Waals surface area contributed by atoms with Crippen LogP contribution in [0.15, 0.2) is 30.3 Å². The molecule has 0 saturated heterocycles. The van der Waals surface area contributed by atoms with Crippen LogP contribution in [0.2, 0.25) is 0 Å². The third-order valence-electron chi connectivity index (χ3n) is 3.27. The molecule has 0 fully saturated rings. The number of hydrogen-bond acceptors (Lipinski definition) is 6. The molecule has 0 saturated carbocycles.